The van der Waals surface area contributed by atoms with Crippen molar-refractivity contribution in [3.8, 4) is 11.1 Å². The zero-order valence-corrected chi connectivity index (χ0v) is 18.0. The van der Waals surface area contributed by atoms with Crippen molar-refractivity contribution in [2.75, 3.05) is 5.32 Å². The van der Waals surface area contributed by atoms with Gasteiger partial charge in [-0.1, -0.05) is 55.3 Å². The van der Waals surface area contributed by atoms with E-state index in [4.69, 9.17) is 11.6 Å². The Morgan fingerprint density at radius 3 is 2.42 bits per heavy atom. The number of carbonyl (C=O) groups excluding carboxylic acids is 2. The van der Waals surface area contributed by atoms with Crippen LogP contribution in [0.15, 0.2) is 79.0 Å². The van der Waals surface area contributed by atoms with Crippen molar-refractivity contribution in [2.45, 2.75) is 26.2 Å². The van der Waals surface area contributed by atoms with Crippen molar-refractivity contribution in [1.82, 2.24) is 4.40 Å². The first kappa shape index (κ1) is 20.9. The molecule has 1 N–H and O–H groups in total. The quantitative estimate of drug-likeness (QED) is 0.271. The van der Waals surface area contributed by atoms with Gasteiger partial charge in [-0.05, 0) is 66.4 Å². The average molecular weight is 431 g/mol. The van der Waals surface area contributed by atoms with E-state index in [0.717, 1.165) is 30.3 Å². The van der Waals surface area contributed by atoms with Crippen LogP contribution >= 0.6 is 11.6 Å². The van der Waals surface area contributed by atoms with Crippen LogP contribution in [0.4, 0.5) is 5.69 Å². The Balaban J connectivity index is 1.64. The molecule has 0 spiro atoms. The summed E-state index contributed by atoms with van der Waals surface area (Å²) >= 11 is 6.02. The number of nitrogens with one attached hydrogen (secondary N) is 1. The molecule has 0 aliphatic heterocycles. The highest BCUT2D eigenvalue weighted by Gasteiger charge is 2.24. The number of ketones is 1. The highest BCUT2D eigenvalue weighted by molar-refractivity contribution is 6.47. The topological polar surface area (TPSA) is 50.6 Å². The maximum atomic E-state index is 13.2. The summed E-state index contributed by atoms with van der Waals surface area (Å²) in [5.74, 6) is -1.26. The second-order valence-corrected chi connectivity index (χ2v) is 7.93. The molecule has 0 unspecified atom stereocenters. The molecule has 2 heterocycles. The average Bonchev–Trinajstić information content (AvgIpc) is 3.18. The maximum Gasteiger partial charge on any atom is 0.298 e. The van der Waals surface area contributed by atoms with Gasteiger partial charge in [-0.25, -0.2) is 0 Å². The van der Waals surface area contributed by atoms with Crippen LogP contribution in [0.5, 0.6) is 0 Å². The number of benzene rings is 2. The van der Waals surface area contributed by atoms with Gasteiger partial charge >= 0.3 is 0 Å². The number of rotatable bonds is 7. The molecular weight excluding hydrogens is 408 g/mol. The van der Waals surface area contributed by atoms with Crippen molar-refractivity contribution in [2.24, 2.45) is 0 Å². The Hall–Kier alpha value is -3.37. The van der Waals surface area contributed by atoms with Gasteiger partial charge in [0.15, 0.2) is 0 Å². The largest absolute Gasteiger partial charge is 0.319 e. The van der Waals surface area contributed by atoms with Crippen LogP contribution in [0.25, 0.3) is 16.6 Å². The van der Waals surface area contributed by atoms with E-state index in [2.05, 4.69) is 12.2 Å². The van der Waals surface area contributed by atoms with E-state index < -0.39 is 11.7 Å². The Bertz CT molecular complexity index is 1220. The summed E-state index contributed by atoms with van der Waals surface area (Å²) in [5.41, 5.74) is 4.50. The molecule has 0 saturated carbocycles. The molecule has 0 fully saturated rings. The van der Waals surface area contributed by atoms with Crippen LogP contribution in [0.1, 0.15) is 35.8 Å². The van der Waals surface area contributed by atoms with Gasteiger partial charge in [-0.2, -0.15) is 0 Å². The second kappa shape index (κ2) is 9.19. The summed E-state index contributed by atoms with van der Waals surface area (Å²) in [5, 5.41) is 3.35. The molecule has 4 nitrogen and oxygen atoms in total. The van der Waals surface area contributed by atoms with Crippen LogP contribution in [0.2, 0.25) is 5.02 Å². The summed E-state index contributed by atoms with van der Waals surface area (Å²) in [4.78, 5) is 26.1. The number of hydrogen-bond donors (Lipinski definition) is 1. The summed E-state index contributed by atoms with van der Waals surface area (Å²) in [7, 11) is 0. The highest BCUT2D eigenvalue weighted by Crippen LogP contribution is 2.29. The molecular formula is C26H23ClN2O2. The number of Topliss-reactive ketones (excluding diaryl/α,β-unsaturated/α-hetero) is 1. The first-order valence-electron chi connectivity index (χ1n) is 10.4. The van der Waals surface area contributed by atoms with Gasteiger partial charge in [0.25, 0.3) is 11.7 Å². The molecule has 0 aliphatic carbocycles. The monoisotopic (exact) mass is 430 g/mol. The first-order chi connectivity index (χ1) is 15.1. The molecule has 0 atom stereocenters. The molecule has 0 aliphatic rings. The van der Waals surface area contributed by atoms with Gasteiger partial charge in [-0.15, -0.1) is 0 Å². The number of hydrogen-bond acceptors (Lipinski definition) is 2. The zero-order valence-electron chi connectivity index (χ0n) is 17.3. The Labute approximate surface area is 186 Å². The van der Waals surface area contributed by atoms with E-state index in [1.165, 1.54) is 5.56 Å². The zero-order chi connectivity index (χ0) is 21.8. The number of carbonyl (C=O) groups is 2. The lowest BCUT2D eigenvalue weighted by Crippen LogP contribution is -2.24. The lowest BCUT2D eigenvalue weighted by Gasteiger charge is -2.08. The summed E-state index contributed by atoms with van der Waals surface area (Å²) in [6, 6.07) is 22.4. The van der Waals surface area contributed by atoms with E-state index in [-0.39, 0.29) is 0 Å². The number of aryl methyl sites for hydroxylation is 1. The molecule has 2 aromatic heterocycles. The number of anilines is 1. The van der Waals surface area contributed by atoms with Crippen LogP contribution in [0.3, 0.4) is 0 Å². The summed E-state index contributed by atoms with van der Waals surface area (Å²) in [6.07, 6.45) is 5.05. The van der Waals surface area contributed by atoms with Crippen LogP contribution in [0, 0.1) is 0 Å². The number of unbranched alkanes of at least 4 members (excludes halogenated alkanes) is 1. The van der Waals surface area contributed by atoms with Gasteiger partial charge in [-0.3, -0.25) is 9.59 Å². The fourth-order valence-corrected chi connectivity index (χ4v) is 3.76. The van der Waals surface area contributed by atoms with E-state index in [9.17, 15) is 9.59 Å². The number of pyridine rings is 1. The number of nitrogens with zero attached hydrogens (tertiary/aromatic N) is 1. The number of aromatic nitrogens is 1. The Morgan fingerprint density at radius 2 is 1.71 bits per heavy atom. The van der Waals surface area contributed by atoms with E-state index in [1.54, 1.807) is 22.7 Å². The van der Waals surface area contributed by atoms with E-state index in [1.807, 2.05) is 60.7 Å². The lowest BCUT2D eigenvalue weighted by atomic mass is 10.0. The van der Waals surface area contributed by atoms with Crippen LogP contribution in [-0.4, -0.2) is 16.1 Å². The predicted octanol–water partition coefficient (Wildman–Crippen LogP) is 6.42. The van der Waals surface area contributed by atoms with E-state index >= 15 is 0 Å². The van der Waals surface area contributed by atoms with Crippen molar-refractivity contribution in [3.05, 3.63) is 95.3 Å². The Morgan fingerprint density at radius 1 is 0.968 bits per heavy atom. The normalized spacial score (nSPS) is 10.9. The van der Waals surface area contributed by atoms with Gasteiger partial charge in [0.1, 0.15) is 5.69 Å². The van der Waals surface area contributed by atoms with Crippen LogP contribution < -0.4 is 5.32 Å². The fourth-order valence-electron chi connectivity index (χ4n) is 3.64. The van der Waals surface area contributed by atoms with Gasteiger partial charge < -0.3 is 9.72 Å². The molecule has 156 valence electrons. The SMILES string of the molecule is CCCCc1ccc(NC(=O)C(=O)c2c(-c3ccc(Cl)cc3)cc3ccccn23)cc1. The third kappa shape index (κ3) is 4.54. The third-order valence-corrected chi connectivity index (χ3v) is 5.54. The van der Waals surface area contributed by atoms with Gasteiger partial charge in [0, 0.05) is 28.0 Å². The van der Waals surface area contributed by atoms with Crippen molar-refractivity contribution in [1.29, 1.82) is 0 Å². The molecule has 4 aromatic rings. The second-order valence-electron chi connectivity index (χ2n) is 7.49. The van der Waals surface area contributed by atoms with Crippen molar-refractivity contribution >= 4 is 34.5 Å². The first-order valence-corrected chi connectivity index (χ1v) is 10.8. The summed E-state index contributed by atoms with van der Waals surface area (Å²) < 4.78 is 1.75. The fraction of sp³-hybridized carbons (Fsp3) is 0.154. The molecule has 2 aromatic carbocycles. The predicted molar refractivity (Wildman–Crippen MR) is 126 cm³/mol. The van der Waals surface area contributed by atoms with Crippen molar-refractivity contribution in [3.63, 3.8) is 0 Å². The minimum absolute atomic E-state index is 0.329. The van der Waals surface area contributed by atoms with E-state index in [0.29, 0.717) is 22.0 Å². The molecule has 0 radical (unpaired) electrons. The molecule has 1 amide bonds. The van der Waals surface area contributed by atoms with Gasteiger partial charge in [0.2, 0.25) is 0 Å². The third-order valence-electron chi connectivity index (χ3n) is 5.29. The van der Waals surface area contributed by atoms with Crippen LogP contribution in [-0.2, 0) is 11.2 Å². The smallest absolute Gasteiger partial charge is 0.298 e. The molecule has 4 rings (SSSR count). The highest BCUT2D eigenvalue weighted by atomic mass is 35.5. The Kier molecular flexibility index (Phi) is 6.19. The number of halogens is 1. The molecule has 0 saturated heterocycles. The summed E-state index contributed by atoms with van der Waals surface area (Å²) in [6.45, 7) is 2.16. The maximum absolute atomic E-state index is 13.2. The number of amides is 1. The molecule has 5 heteroatoms. The standard InChI is InChI=1S/C26H23ClN2O2/c1-2-3-6-18-8-14-21(15-9-18)28-26(31)25(30)24-23(19-10-12-20(27)13-11-19)17-22-7-4-5-16-29(22)24/h4-5,7-17H,2-3,6H2,1H3,(H,28,31). The van der Waals surface area contributed by atoms with Gasteiger partial charge in [0.05, 0.1) is 0 Å². The minimum Gasteiger partial charge on any atom is -0.319 e. The van der Waals surface area contributed by atoms with Crippen molar-refractivity contribution < 1.29 is 9.59 Å². The molecule has 31 heavy (non-hydrogen) atoms. The minimum atomic E-state index is -0.666. The molecule has 0 bridgehead atoms. The number of fused-ring (bicyclic) bond motifs is 1. The lowest BCUT2D eigenvalue weighted by molar-refractivity contribution is -0.112.